The Bertz CT molecular complexity index is 193. The van der Waals surface area contributed by atoms with E-state index in [0.717, 1.165) is 18.6 Å². The summed E-state index contributed by atoms with van der Waals surface area (Å²) in [6.45, 7) is 8.19. The van der Waals surface area contributed by atoms with E-state index < -0.39 is 0 Å². The lowest BCUT2D eigenvalue weighted by Crippen LogP contribution is -1.79. The molecule has 0 aliphatic heterocycles. The molecule has 0 radical (unpaired) electrons. The molecule has 0 aromatic carbocycles. The Balaban J connectivity index is 3.78. The lowest BCUT2D eigenvalue weighted by Gasteiger charge is -1.94. The zero-order valence-corrected chi connectivity index (χ0v) is 8.59. The van der Waals surface area contributed by atoms with E-state index in [4.69, 9.17) is 0 Å². The van der Waals surface area contributed by atoms with Crippen molar-refractivity contribution in [2.24, 2.45) is 4.99 Å². The minimum atomic E-state index is 1.11. The first-order chi connectivity index (χ1) is 5.66. The van der Waals surface area contributed by atoms with E-state index in [1.807, 2.05) is 27.0 Å². The second kappa shape index (κ2) is 6.84. The fourth-order valence-electron chi connectivity index (χ4n) is 0.782. The van der Waals surface area contributed by atoms with Gasteiger partial charge in [-0.3, -0.25) is 4.99 Å². The molecule has 0 heterocycles. The van der Waals surface area contributed by atoms with Crippen LogP contribution in [0.25, 0.3) is 0 Å². The average Bonchev–Trinajstić information content (AvgIpc) is 2.01. The third-order valence-electron chi connectivity index (χ3n) is 1.48. The van der Waals surface area contributed by atoms with Gasteiger partial charge in [-0.2, -0.15) is 0 Å². The lowest BCUT2D eigenvalue weighted by atomic mass is 10.2. The van der Waals surface area contributed by atoms with E-state index >= 15 is 0 Å². The first kappa shape index (κ1) is 11.2. The molecule has 0 amide bonds. The van der Waals surface area contributed by atoms with E-state index in [2.05, 4.69) is 24.1 Å². The van der Waals surface area contributed by atoms with Gasteiger partial charge in [-0.1, -0.05) is 17.7 Å². The normalized spacial score (nSPS) is 12.2. The topological polar surface area (TPSA) is 12.4 Å². The summed E-state index contributed by atoms with van der Waals surface area (Å²) in [5, 5.41) is 0. The first-order valence-electron chi connectivity index (χ1n) is 4.44. The molecule has 68 valence electrons. The Morgan fingerprint density at radius 3 is 2.42 bits per heavy atom. The van der Waals surface area contributed by atoms with E-state index in [1.165, 1.54) is 5.57 Å². The van der Waals surface area contributed by atoms with Crippen LogP contribution in [0.1, 0.15) is 40.5 Å². The standard InChI is InChI=1S/C11H19N/c1-5-6-7-8-11(4)9-12-10(2)3/h5-6,9H,7-8H2,1-4H3/b6-5+,11-9+. The molecule has 0 rings (SSSR count). The Hall–Kier alpha value is -0.850. The molecule has 1 nitrogen and oxygen atoms in total. The predicted molar refractivity (Wildman–Crippen MR) is 56.6 cm³/mol. The smallest absolute Gasteiger partial charge is 0.0256 e. The van der Waals surface area contributed by atoms with Crippen LogP contribution in [0.5, 0.6) is 0 Å². The molecule has 0 aliphatic rings. The molecule has 0 N–H and O–H groups in total. The molecule has 0 saturated heterocycles. The maximum atomic E-state index is 4.23. The minimum Gasteiger partial charge on any atom is -0.266 e. The predicted octanol–water partition coefficient (Wildman–Crippen LogP) is 3.73. The van der Waals surface area contributed by atoms with Gasteiger partial charge in [-0.15, -0.1) is 0 Å². The van der Waals surface area contributed by atoms with Crippen LogP contribution >= 0.6 is 0 Å². The molecule has 0 bridgehead atoms. The highest BCUT2D eigenvalue weighted by molar-refractivity contribution is 5.79. The van der Waals surface area contributed by atoms with Gasteiger partial charge >= 0.3 is 0 Å². The highest BCUT2D eigenvalue weighted by atomic mass is 14.7. The Morgan fingerprint density at radius 2 is 1.92 bits per heavy atom. The fraction of sp³-hybridized carbons (Fsp3) is 0.545. The summed E-state index contributed by atoms with van der Waals surface area (Å²) in [6, 6.07) is 0. The second-order valence-electron chi connectivity index (χ2n) is 3.16. The zero-order chi connectivity index (χ0) is 9.40. The molecule has 0 saturated carbocycles. The lowest BCUT2D eigenvalue weighted by molar-refractivity contribution is 0.970. The quantitative estimate of drug-likeness (QED) is 0.444. The van der Waals surface area contributed by atoms with Gasteiger partial charge in [0.2, 0.25) is 0 Å². The summed E-state index contributed by atoms with van der Waals surface area (Å²) < 4.78 is 0. The highest BCUT2D eigenvalue weighted by Gasteiger charge is 1.85. The molecule has 0 atom stereocenters. The van der Waals surface area contributed by atoms with Crippen LogP contribution in [-0.4, -0.2) is 5.71 Å². The van der Waals surface area contributed by atoms with Crippen molar-refractivity contribution < 1.29 is 0 Å². The van der Waals surface area contributed by atoms with E-state index in [1.54, 1.807) is 0 Å². The Kier molecular flexibility index (Phi) is 6.35. The fourth-order valence-corrected chi connectivity index (χ4v) is 0.782. The van der Waals surface area contributed by atoms with Crippen LogP contribution in [-0.2, 0) is 0 Å². The van der Waals surface area contributed by atoms with Crippen LogP contribution in [0.4, 0.5) is 0 Å². The van der Waals surface area contributed by atoms with Crippen LogP contribution in [0.2, 0.25) is 0 Å². The van der Waals surface area contributed by atoms with Gasteiger partial charge in [0.1, 0.15) is 0 Å². The van der Waals surface area contributed by atoms with Crippen LogP contribution in [0, 0.1) is 0 Å². The van der Waals surface area contributed by atoms with Crippen molar-refractivity contribution in [1.29, 1.82) is 0 Å². The molecule has 0 unspecified atom stereocenters. The molecule has 0 fully saturated rings. The molecule has 0 aliphatic carbocycles. The third-order valence-corrected chi connectivity index (χ3v) is 1.48. The van der Waals surface area contributed by atoms with Gasteiger partial charge < -0.3 is 0 Å². The molecular weight excluding hydrogens is 146 g/mol. The summed E-state index contributed by atoms with van der Waals surface area (Å²) in [7, 11) is 0. The molecular formula is C11H19N. The van der Waals surface area contributed by atoms with Crippen molar-refractivity contribution in [1.82, 2.24) is 0 Å². The second-order valence-corrected chi connectivity index (χ2v) is 3.16. The van der Waals surface area contributed by atoms with Crippen LogP contribution in [0.15, 0.2) is 28.9 Å². The van der Waals surface area contributed by atoms with Crippen molar-refractivity contribution in [2.45, 2.75) is 40.5 Å². The maximum absolute atomic E-state index is 4.23. The van der Waals surface area contributed by atoms with Gasteiger partial charge in [-0.25, -0.2) is 0 Å². The first-order valence-corrected chi connectivity index (χ1v) is 4.44. The van der Waals surface area contributed by atoms with E-state index in [9.17, 15) is 0 Å². The number of hydrogen-bond donors (Lipinski definition) is 0. The summed E-state index contributed by atoms with van der Waals surface area (Å²) >= 11 is 0. The Labute approximate surface area is 75.9 Å². The van der Waals surface area contributed by atoms with E-state index in [-0.39, 0.29) is 0 Å². The molecule has 0 spiro atoms. The van der Waals surface area contributed by atoms with Crippen molar-refractivity contribution in [3.63, 3.8) is 0 Å². The van der Waals surface area contributed by atoms with Gasteiger partial charge in [-0.05, 0) is 40.5 Å². The maximum Gasteiger partial charge on any atom is 0.0256 e. The molecule has 12 heavy (non-hydrogen) atoms. The average molecular weight is 165 g/mol. The van der Waals surface area contributed by atoms with Crippen LogP contribution in [0.3, 0.4) is 0 Å². The van der Waals surface area contributed by atoms with Crippen molar-refractivity contribution in [2.75, 3.05) is 0 Å². The molecule has 0 aromatic heterocycles. The number of aliphatic imine (C=N–C) groups is 1. The number of nitrogens with zero attached hydrogens (tertiary/aromatic N) is 1. The number of hydrogen-bond acceptors (Lipinski definition) is 1. The third kappa shape index (κ3) is 7.26. The summed E-state index contributed by atoms with van der Waals surface area (Å²) in [6.07, 6.45) is 8.46. The SMILES string of the molecule is C/C=C/CC/C(C)=C/N=C(C)C. The Morgan fingerprint density at radius 1 is 1.25 bits per heavy atom. The zero-order valence-electron chi connectivity index (χ0n) is 8.59. The van der Waals surface area contributed by atoms with Crippen molar-refractivity contribution in [3.8, 4) is 0 Å². The van der Waals surface area contributed by atoms with Gasteiger partial charge in [0.25, 0.3) is 0 Å². The van der Waals surface area contributed by atoms with Gasteiger partial charge in [0.05, 0.1) is 0 Å². The monoisotopic (exact) mass is 165 g/mol. The largest absolute Gasteiger partial charge is 0.266 e. The summed E-state index contributed by atoms with van der Waals surface area (Å²) in [5.74, 6) is 0. The van der Waals surface area contributed by atoms with E-state index in [0.29, 0.717) is 0 Å². The summed E-state index contributed by atoms with van der Waals surface area (Å²) in [4.78, 5) is 4.23. The highest BCUT2D eigenvalue weighted by Crippen LogP contribution is 2.04. The van der Waals surface area contributed by atoms with Gasteiger partial charge in [0, 0.05) is 11.9 Å². The van der Waals surface area contributed by atoms with Gasteiger partial charge in [0.15, 0.2) is 0 Å². The van der Waals surface area contributed by atoms with Crippen molar-refractivity contribution in [3.05, 3.63) is 23.9 Å². The number of allylic oxidation sites excluding steroid dienone is 3. The summed E-state index contributed by atoms with van der Waals surface area (Å²) in [5.41, 5.74) is 2.45. The number of rotatable bonds is 4. The van der Waals surface area contributed by atoms with Crippen LogP contribution < -0.4 is 0 Å². The minimum absolute atomic E-state index is 1.11. The van der Waals surface area contributed by atoms with Crippen molar-refractivity contribution >= 4 is 5.71 Å². The molecule has 0 aromatic rings. The molecule has 1 heteroatoms.